The average molecular weight is 366 g/mol. The van der Waals surface area contributed by atoms with Crippen LogP contribution in [0.1, 0.15) is 44.9 Å². The van der Waals surface area contributed by atoms with Crippen LogP contribution in [-0.2, 0) is 18.3 Å². The molecule has 0 saturated carbocycles. The predicted octanol–water partition coefficient (Wildman–Crippen LogP) is 1.22. The summed E-state index contributed by atoms with van der Waals surface area (Å²) in [6.45, 7) is 0.363. The fourth-order valence-corrected chi connectivity index (χ4v) is 4.15. The number of nitrogens with one attached hydrogen (secondary N) is 1. The Hall–Kier alpha value is -3.13. The van der Waals surface area contributed by atoms with Crippen LogP contribution in [0.25, 0.3) is 0 Å². The monoisotopic (exact) mass is 366 g/mol. The van der Waals surface area contributed by atoms with Gasteiger partial charge in [0.15, 0.2) is 5.82 Å². The van der Waals surface area contributed by atoms with Crippen LogP contribution >= 0.6 is 0 Å². The standard InChI is InChI=1S/C19H19FN6O/c20-14-4-6-16-12(10-14)2-1-11-9-13(17(22)27)3-5-15(11)19(16,7-8-21)18-23-25-26-24-18/h3-6,9-10H,1-2,7-8,21H2,(H2,22,27)(H,23,24,25,26). The predicted molar refractivity (Wildman–Crippen MR) is 96.5 cm³/mol. The van der Waals surface area contributed by atoms with Gasteiger partial charge < -0.3 is 11.5 Å². The summed E-state index contributed by atoms with van der Waals surface area (Å²) < 4.78 is 14.0. The Morgan fingerprint density at radius 3 is 2.48 bits per heavy atom. The fourth-order valence-electron chi connectivity index (χ4n) is 4.15. The molecule has 1 atom stereocenters. The van der Waals surface area contributed by atoms with E-state index in [1.807, 2.05) is 6.07 Å². The first-order valence-corrected chi connectivity index (χ1v) is 8.72. The van der Waals surface area contributed by atoms with Crippen molar-refractivity contribution in [3.63, 3.8) is 0 Å². The van der Waals surface area contributed by atoms with Crippen LogP contribution in [0.4, 0.5) is 4.39 Å². The lowest BCUT2D eigenvalue weighted by Gasteiger charge is -2.33. The van der Waals surface area contributed by atoms with Gasteiger partial charge in [-0.05, 0) is 72.3 Å². The van der Waals surface area contributed by atoms with E-state index in [2.05, 4.69) is 20.6 Å². The number of rotatable bonds is 4. The first kappa shape index (κ1) is 17.3. The van der Waals surface area contributed by atoms with E-state index in [-0.39, 0.29) is 5.82 Å². The number of fused-ring (bicyclic) bond motifs is 2. The van der Waals surface area contributed by atoms with Gasteiger partial charge in [0, 0.05) is 5.56 Å². The number of aromatic amines is 1. The topological polar surface area (TPSA) is 124 Å². The van der Waals surface area contributed by atoms with E-state index in [4.69, 9.17) is 11.5 Å². The normalized spacial score (nSPS) is 18.4. The van der Waals surface area contributed by atoms with Crippen molar-refractivity contribution < 1.29 is 9.18 Å². The van der Waals surface area contributed by atoms with Crippen LogP contribution in [0.2, 0.25) is 0 Å². The summed E-state index contributed by atoms with van der Waals surface area (Å²) in [6, 6.07) is 10.1. The average Bonchev–Trinajstić information content (AvgIpc) is 3.16. The van der Waals surface area contributed by atoms with Crippen LogP contribution in [0, 0.1) is 5.82 Å². The van der Waals surface area contributed by atoms with Crippen molar-refractivity contribution in [1.82, 2.24) is 20.6 Å². The molecular formula is C19H19FN6O. The van der Waals surface area contributed by atoms with E-state index in [0.717, 1.165) is 22.3 Å². The summed E-state index contributed by atoms with van der Waals surface area (Å²) in [5.74, 6) is -0.322. The van der Waals surface area contributed by atoms with Crippen LogP contribution in [-0.4, -0.2) is 33.1 Å². The minimum atomic E-state index is -0.785. The highest BCUT2D eigenvalue weighted by Crippen LogP contribution is 2.45. The van der Waals surface area contributed by atoms with E-state index in [1.165, 1.54) is 6.07 Å². The number of benzene rings is 2. The SMILES string of the molecule is NCCC1(c2nn[nH]n2)c2ccc(F)cc2CCc2cc(C(N)=O)ccc21. The molecule has 27 heavy (non-hydrogen) atoms. The molecule has 3 aromatic rings. The molecule has 138 valence electrons. The number of hydrogen-bond acceptors (Lipinski definition) is 5. The number of aromatic nitrogens is 4. The van der Waals surface area contributed by atoms with Gasteiger partial charge in [-0.25, -0.2) is 4.39 Å². The molecule has 8 heteroatoms. The van der Waals surface area contributed by atoms with E-state index >= 15 is 0 Å². The smallest absolute Gasteiger partial charge is 0.248 e. The summed E-state index contributed by atoms with van der Waals surface area (Å²) >= 11 is 0. The van der Waals surface area contributed by atoms with Crippen LogP contribution in [0.5, 0.6) is 0 Å². The number of nitrogens with two attached hydrogens (primary N) is 2. The third-order valence-corrected chi connectivity index (χ3v) is 5.29. The molecule has 1 aliphatic carbocycles. The number of H-pyrrole nitrogens is 1. The van der Waals surface area contributed by atoms with Crippen molar-refractivity contribution in [2.45, 2.75) is 24.7 Å². The van der Waals surface area contributed by atoms with Crippen molar-refractivity contribution >= 4 is 5.91 Å². The molecule has 1 amide bonds. The summed E-state index contributed by atoms with van der Waals surface area (Å²) in [5, 5.41) is 14.8. The van der Waals surface area contributed by atoms with Gasteiger partial charge in [-0.1, -0.05) is 17.3 Å². The molecule has 5 N–H and O–H groups in total. The summed E-state index contributed by atoms with van der Waals surface area (Å²) in [7, 11) is 0. The maximum atomic E-state index is 14.0. The second kappa shape index (κ2) is 6.55. The van der Waals surface area contributed by atoms with E-state index in [0.29, 0.717) is 37.2 Å². The molecule has 0 saturated heterocycles. The number of primary amides is 1. The molecule has 0 spiro atoms. The maximum Gasteiger partial charge on any atom is 0.248 e. The molecule has 0 fully saturated rings. The number of carbonyl (C=O) groups excluding carboxylic acids is 1. The molecule has 1 aliphatic rings. The number of hydrogen-bond donors (Lipinski definition) is 3. The number of carbonyl (C=O) groups is 1. The molecule has 0 bridgehead atoms. The number of aryl methyl sites for hydroxylation is 2. The Bertz CT molecular complexity index is 1000. The molecule has 1 unspecified atom stereocenters. The highest BCUT2D eigenvalue weighted by atomic mass is 19.1. The number of tetrazole rings is 1. The zero-order valence-electron chi connectivity index (χ0n) is 14.6. The maximum absolute atomic E-state index is 14.0. The van der Waals surface area contributed by atoms with Crippen molar-refractivity contribution in [1.29, 1.82) is 0 Å². The van der Waals surface area contributed by atoms with Crippen molar-refractivity contribution in [2.24, 2.45) is 11.5 Å². The van der Waals surface area contributed by atoms with Crippen LogP contribution in [0.3, 0.4) is 0 Å². The Balaban J connectivity index is 2.07. The van der Waals surface area contributed by atoms with E-state index in [9.17, 15) is 9.18 Å². The Morgan fingerprint density at radius 2 is 1.85 bits per heavy atom. The van der Waals surface area contributed by atoms with Gasteiger partial charge in [0.05, 0.1) is 5.41 Å². The number of halogens is 1. The largest absolute Gasteiger partial charge is 0.366 e. The van der Waals surface area contributed by atoms with Gasteiger partial charge in [0.2, 0.25) is 5.91 Å². The first-order chi connectivity index (χ1) is 13.1. The molecule has 4 rings (SSSR count). The number of amides is 1. The van der Waals surface area contributed by atoms with Gasteiger partial charge in [0.25, 0.3) is 0 Å². The van der Waals surface area contributed by atoms with Gasteiger partial charge in [0.1, 0.15) is 5.82 Å². The molecule has 0 radical (unpaired) electrons. The van der Waals surface area contributed by atoms with Crippen molar-refractivity contribution in [3.05, 3.63) is 75.9 Å². The summed E-state index contributed by atoms with van der Waals surface area (Å²) in [4.78, 5) is 11.7. The third-order valence-electron chi connectivity index (χ3n) is 5.29. The van der Waals surface area contributed by atoms with E-state index in [1.54, 1.807) is 24.3 Å². The second-order valence-electron chi connectivity index (χ2n) is 6.72. The minimum Gasteiger partial charge on any atom is -0.366 e. The van der Waals surface area contributed by atoms with Crippen LogP contribution in [0.15, 0.2) is 36.4 Å². The van der Waals surface area contributed by atoms with Crippen molar-refractivity contribution in [3.8, 4) is 0 Å². The molecule has 1 heterocycles. The highest BCUT2D eigenvalue weighted by Gasteiger charge is 2.44. The van der Waals surface area contributed by atoms with Gasteiger partial charge in [-0.3, -0.25) is 4.79 Å². The fraction of sp³-hybridized carbons (Fsp3) is 0.263. The lowest BCUT2D eigenvalue weighted by atomic mass is 9.69. The third kappa shape index (κ3) is 2.69. The Morgan fingerprint density at radius 1 is 1.15 bits per heavy atom. The van der Waals surface area contributed by atoms with Gasteiger partial charge >= 0.3 is 0 Å². The zero-order valence-corrected chi connectivity index (χ0v) is 14.6. The highest BCUT2D eigenvalue weighted by molar-refractivity contribution is 5.93. The molecule has 1 aromatic heterocycles. The molecule has 7 nitrogen and oxygen atoms in total. The lowest BCUT2D eigenvalue weighted by molar-refractivity contribution is 0.1000. The first-order valence-electron chi connectivity index (χ1n) is 8.72. The van der Waals surface area contributed by atoms with Crippen molar-refractivity contribution in [2.75, 3.05) is 6.54 Å². The molecular weight excluding hydrogens is 347 g/mol. The minimum absolute atomic E-state index is 0.299. The Kier molecular flexibility index (Phi) is 4.19. The van der Waals surface area contributed by atoms with Gasteiger partial charge in [-0.15, -0.1) is 10.2 Å². The Labute approximate surface area is 155 Å². The zero-order chi connectivity index (χ0) is 19.0. The summed E-state index contributed by atoms with van der Waals surface area (Å²) in [5.41, 5.74) is 14.7. The second-order valence-corrected chi connectivity index (χ2v) is 6.72. The van der Waals surface area contributed by atoms with E-state index < -0.39 is 11.3 Å². The molecule has 0 aliphatic heterocycles. The molecule has 2 aromatic carbocycles. The summed E-state index contributed by atoms with van der Waals surface area (Å²) in [6.07, 6.45) is 1.76. The lowest BCUT2D eigenvalue weighted by Crippen LogP contribution is -2.35. The number of nitrogens with zero attached hydrogens (tertiary/aromatic N) is 3. The quantitative estimate of drug-likeness (QED) is 0.640. The van der Waals surface area contributed by atoms with Gasteiger partial charge in [-0.2, -0.15) is 5.21 Å². The van der Waals surface area contributed by atoms with Crippen LogP contribution < -0.4 is 11.5 Å².